The van der Waals surface area contributed by atoms with Gasteiger partial charge in [-0.15, -0.1) is 16.4 Å². The highest BCUT2D eigenvalue weighted by atomic mass is 32.1. The first-order valence-corrected chi connectivity index (χ1v) is 6.34. The van der Waals surface area contributed by atoms with Gasteiger partial charge in [-0.1, -0.05) is 5.21 Å². The molecule has 0 radical (unpaired) electrons. The minimum atomic E-state index is -4.95. The summed E-state index contributed by atoms with van der Waals surface area (Å²) >= 11 is 1.56. The summed E-state index contributed by atoms with van der Waals surface area (Å²) in [6, 6.07) is 7.20. The van der Waals surface area contributed by atoms with Gasteiger partial charge in [0.2, 0.25) is 0 Å². The summed E-state index contributed by atoms with van der Waals surface area (Å²) in [5, 5.41) is 9.70. The Morgan fingerprint density at radius 1 is 1.25 bits per heavy atom. The average Bonchev–Trinajstić information content (AvgIpc) is 3.04. The van der Waals surface area contributed by atoms with Crippen molar-refractivity contribution in [2.75, 3.05) is 0 Å². The maximum atomic E-state index is 12.3. The number of benzene rings is 1. The fourth-order valence-corrected chi connectivity index (χ4v) is 2.51. The van der Waals surface area contributed by atoms with Crippen LogP contribution in [0, 0.1) is 0 Å². The molecular weight excluding hydrogens is 291 g/mol. The van der Waals surface area contributed by atoms with E-state index in [4.69, 9.17) is 0 Å². The van der Waals surface area contributed by atoms with Crippen molar-refractivity contribution < 1.29 is 18.0 Å². The van der Waals surface area contributed by atoms with Crippen LogP contribution in [-0.4, -0.2) is 27.0 Å². The zero-order valence-electron chi connectivity index (χ0n) is 9.76. The number of Topliss-reactive ketones (excluding diaryl/α,β-unsaturated/α-hetero) is 1. The molecule has 0 aliphatic rings. The van der Waals surface area contributed by atoms with Gasteiger partial charge in [-0.3, -0.25) is 4.79 Å². The van der Waals surface area contributed by atoms with Crippen molar-refractivity contribution in [1.82, 2.24) is 15.0 Å². The van der Waals surface area contributed by atoms with Gasteiger partial charge in [0.05, 0.1) is 11.9 Å². The van der Waals surface area contributed by atoms with Crippen molar-refractivity contribution in [3.63, 3.8) is 0 Å². The summed E-state index contributed by atoms with van der Waals surface area (Å²) < 4.78 is 39.1. The van der Waals surface area contributed by atoms with E-state index in [0.29, 0.717) is 5.69 Å². The third-order valence-corrected chi connectivity index (χ3v) is 3.58. The second-order valence-corrected chi connectivity index (χ2v) is 4.97. The van der Waals surface area contributed by atoms with Crippen LogP contribution >= 0.6 is 11.3 Å². The fourth-order valence-electron chi connectivity index (χ4n) is 1.74. The van der Waals surface area contributed by atoms with Crippen LogP contribution in [0.3, 0.4) is 0 Å². The minimum absolute atomic E-state index is 0.546. The van der Waals surface area contributed by atoms with Crippen LogP contribution in [0.4, 0.5) is 13.2 Å². The van der Waals surface area contributed by atoms with Crippen LogP contribution in [0.25, 0.3) is 15.8 Å². The lowest BCUT2D eigenvalue weighted by atomic mass is 10.2. The summed E-state index contributed by atoms with van der Waals surface area (Å²) in [7, 11) is 0. The maximum Gasteiger partial charge on any atom is 0.456 e. The van der Waals surface area contributed by atoms with Gasteiger partial charge in [0, 0.05) is 4.70 Å². The van der Waals surface area contributed by atoms with Gasteiger partial charge in [-0.05, 0) is 35.0 Å². The van der Waals surface area contributed by atoms with E-state index in [-0.39, 0.29) is 0 Å². The highest BCUT2D eigenvalue weighted by Gasteiger charge is 2.41. The Balaban J connectivity index is 1.99. The number of aromatic nitrogens is 3. The Morgan fingerprint density at radius 2 is 2.05 bits per heavy atom. The standard InChI is InChI=1S/C12H6F3N3OS/c13-12(14,15)11(19)9-6-18(17-16-9)8-1-2-10-7(5-8)3-4-20-10/h1-6H. The first kappa shape index (κ1) is 12.8. The molecule has 20 heavy (non-hydrogen) atoms. The lowest BCUT2D eigenvalue weighted by molar-refractivity contribution is -0.0888. The Morgan fingerprint density at radius 3 is 2.80 bits per heavy atom. The number of hydrogen-bond acceptors (Lipinski definition) is 4. The average molecular weight is 297 g/mol. The molecule has 3 aromatic rings. The quantitative estimate of drug-likeness (QED) is 0.682. The van der Waals surface area contributed by atoms with E-state index in [2.05, 4.69) is 10.3 Å². The largest absolute Gasteiger partial charge is 0.456 e. The Hall–Kier alpha value is -2.22. The zero-order chi connectivity index (χ0) is 14.3. The van der Waals surface area contributed by atoms with Crippen LogP contribution in [0.5, 0.6) is 0 Å². The van der Waals surface area contributed by atoms with Crippen molar-refractivity contribution in [1.29, 1.82) is 0 Å². The smallest absolute Gasteiger partial charge is 0.282 e. The topological polar surface area (TPSA) is 47.8 Å². The molecule has 0 amide bonds. The molecule has 0 saturated carbocycles. The molecule has 2 heterocycles. The molecule has 0 bridgehead atoms. The normalized spacial score (nSPS) is 11.9. The Bertz CT molecular complexity index is 790. The van der Waals surface area contributed by atoms with E-state index in [0.717, 1.165) is 21.0 Å². The molecule has 3 rings (SSSR count). The number of nitrogens with zero attached hydrogens (tertiary/aromatic N) is 3. The van der Waals surface area contributed by atoms with Crippen molar-refractivity contribution in [3.8, 4) is 5.69 Å². The van der Waals surface area contributed by atoms with Gasteiger partial charge < -0.3 is 0 Å². The molecular formula is C12H6F3N3OS. The monoisotopic (exact) mass is 297 g/mol. The molecule has 102 valence electrons. The van der Waals surface area contributed by atoms with Crippen molar-refractivity contribution in [3.05, 3.63) is 41.5 Å². The van der Waals surface area contributed by atoms with Gasteiger partial charge >= 0.3 is 6.18 Å². The lowest BCUT2D eigenvalue weighted by Gasteiger charge is -2.01. The van der Waals surface area contributed by atoms with E-state index in [9.17, 15) is 18.0 Å². The van der Waals surface area contributed by atoms with Gasteiger partial charge in [-0.25, -0.2) is 4.68 Å². The second kappa shape index (κ2) is 4.41. The number of halogens is 3. The molecule has 1 aromatic carbocycles. The maximum absolute atomic E-state index is 12.3. The molecule has 0 aliphatic carbocycles. The highest BCUT2D eigenvalue weighted by molar-refractivity contribution is 7.17. The van der Waals surface area contributed by atoms with Gasteiger partial charge in [0.15, 0.2) is 5.69 Å². The van der Waals surface area contributed by atoms with Gasteiger partial charge in [0.25, 0.3) is 5.78 Å². The first-order chi connectivity index (χ1) is 9.45. The van der Waals surface area contributed by atoms with E-state index >= 15 is 0 Å². The van der Waals surface area contributed by atoms with Crippen LogP contribution in [0.1, 0.15) is 10.5 Å². The lowest BCUT2D eigenvalue weighted by Crippen LogP contribution is -2.23. The summed E-state index contributed by atoms with van der Waals surface area (Å²) in [6.07, 6.45) is -3.97. The molecule has 0 spiro atoms. The summed E-state index contributed by atoms with van der Waals surface area (Å²) in [6.45, 7) is 0. The molecule has 0 unspecified atom stereocenters. The number of alkyl halides is 3. The van der Waals surface area contributed by atoms with Gasteiger partial charge in [-0.2, -0.15) is 13.2 Å². The molecule has 8 heteroatoms. The van der Waals surface area contributed by atoms with E-state index in [1.165, 1.54) is 0 Å². The number of thiophene rings is 1. The van der Waals surface area contributed by atoms with Crippen molar-refractivity contribution >= 4 is 27.2 Å². The van der Waals surface area contributed by atoms with E-state index in [1.807, 2.05) is 17.5 Å². The number of fused-ring (bicyclic) bond motifs is 1. The van der Waals surface area contributed by atoms with E-state index in [1.54, 1.807) is 23.5 Å². The summed E-state index contributed by atoms with van der Waals surface area (Å²) in [5.41, 5.74) is -0.174. The molecule has 0 N–H and O–H groups in total. The summed E-state index contributed by atoms with van der Waals surface area (Å²) in [5.74, 6) is -2.00. The van der Waals surface area contributed by atoms with E-state index < -0.39 is 17.7 Å². The third-order valence-electron chi connectivity index (χ3n) is 2.68. The van der Waals surface area contributed by atoms with Crippen LogP contribution in [0.15, 0.2) is 35.8 Å². The minimum Gasteiger partial charge on any atom is -0.282 e. The zero-order valence-corrected chi connectivity index (χ0v) is 10.6. The predicted octanol–water partition coefficient (Wildman–Crippen LogP) is 3.23. The Labute approximate surface area is 114 Å². The molecule has 0 aliphatic heterocycles. The first-order valence-electron chi connectivity index (χ1n) is 5.47. The number of ketones is 1. The number of carbonyl (C=O) groups is 1. The SMILES string of the molecule is O=C(c1cn(-c2ccc3sccc3c2)nn1)C(F)(F)F. The highest BCUT2D eigenvalue weighted by Crippen LogP contribution is 2.24. The third kappa shape index (κ3) is 2.18. The van der Waals surface area contributed by atoms with Crippen LogP contribution < -0.4 is 0 Å². The predicted molar refractivity (Wildman–Crippen MR) is 67.1 cm³/mol. The fraction of sp³-hybridized carbons (Fsp3) is 0.0833. The number of rotatable bonds is 2. The number of hydrogen-bond donors (Lipinski definition) is 0. The van der Waals surface area contributed by atoms with Crippen molar-refractivity contribution in [2.24, 2.45) is 0 Å². The molecule has 2 aromatic heterocycles. The molecule has 0 saturated heterocycles. The number of carbonyl (C=O) groups excluding carboxylic acids is 1. The molecule has 4 nitrogen and oxygen atoms in total. The molecule has 0 fully saturated rings. The van der Waals surface area contributed by atoms with Crippen LogP contribution in [0.2, 0.25) is 0 Å². The second-order valence-electron chi connectivity index (χ2n) is 4.02. The van der Waals surface area contributed by atoms with Crippen molar-refractivity contribution in [2.45, 2.75) is 6.18 Å². The van der Waals surface area contributed by atoms with Gasteiger partial charge in [0.1, 0.15) is 0 Å². The van der Waals surface area contributed by atoms with Crippen LogP contribution in [-0.2, 0) is 0 Å². The molecule has 0 atom stereocenters. The summed E-state index contributed by atoms with van der Waals surface area (Å²) in [4.78, 5) is 11.0. The Kier molecular flexibility index (Phi) is 2.82.